The van der Waals surface area contributed by atoms with Gasteiger partial charge in [-0.1, -0.05) is 18.2 Å². The van der Waals surface area contributed by atoms with Crippen molar-refractivity contribution in [2.24, 2.45) is 0 Å². The van der Waals surface area contributed by atoms with E-state index in [-0.39, 0.29) is 0 Å². The van der Waals surface area contributed by atoms with Crippen LogP contribution in [-0.2, 0) is 9.53 Å². The second-order valence-electron chi connectivity index (χ2n) is 3.37. The van der Waals surface area contributed by atoms with Crippen molar-refractivity contribution in [3.05, 3.63) is 35.4 Å². The van der Waals surface area contributed by atoms with Gasteiger partial charge in [0.05, 0.1) is 12.2 Å². The largest absolute Gasteiger partial charge is 0.462 e. The topological polar surface area (TPSA) is 69.4 Å². The maximum absolute atomic E-state index is 11.6. The standard InChI is InChI=1S/C13H15NO3/c1-2-17-13(16)11-9-10(5-3-4-8-15)6-7-12(11)14/h3,5-9H,2,4,14H2,1H3. The molecular weight excluding hydrogens is 218 g/mol. The van der Waals surface area contributed by atoms with Gasteiger partial charge in [-0.25, -0.2) is 4.79 Å². The van der Waals surface area contributed by atoms with Crippen molar-refractivity contribution in [3.8, 4) is 0 Å². The summed E-state index contributed by atoms with van der Waals surface area (Å²) in [7, 11) is 0. The molecule has 0 radical (unpaired) electrons. The Labute approximate surface area is 100 Å². The molecule has 0 atom stereocenters. The molecule has 4 heteroatoms. The van der Waals surface area contributed by atoms with Crippen LogP contribution in [0.5, 0.6) is 0 Å². The molecule has 0 aliphatic carbocycles. The van der Waals surface area contributed by atoms with E-state index >= 15 is 0 Å². The highest BCUT2D eigenvalue weighted by atomic mass is 16.5. The lowest BCUT2D eigenvalue weighted by Gasteiger charge is -2.06. The van der Waals surface area contributed by atoms with E-state index in [0.717, 1.165) is 11.8 Å². The number of hydrogen-bond acceptors (Lipinski definition) is 4. The minimum Gasteiger partial charge on any atom is -0.462 e. The van der Waals surface area contributed by atoms with E-state index in [2.05, 4.69) is 0 Å². The van der Waals surface area contributed by atoms with E-state index in [4.69, 9.17) is 10.5 Å². The predicted molar refractivity (Wildman–Crippen MR) is 66.5 cm³/mol. The number of carbonyl (C=O) groups is 2. The molecule has 0 aliphatic rings. The van der Waals surface area contributed by atoms with Crippen molar-refractivity contribution in [2.45, 2.75) is 13.3 Å². The highest BCUT2D eigenvalue weighted by Crippen LogP contribution is 2.16. The Morgan fingerprint density at radius 2 is 2.24 bits per heavy atom. The quantitative estimate of drug-likeness (QED) is 0.480. The van der Waals surface area contributed by atoms with Gasteiger partial charge < -0.3 is 15.3 Å². The lowest BCUT2D eigenvalue weighted by molar-refractivity contribution is -0.107. The zero-order valence-electron chi connectivity index (χ0n) is 9.68. The Hall–Kier alpha value is -2.10. The number of aldehydes is 1. The molecule has 1 rings (SSSR count). The van der Waals surface area contributed by atoms with Crippen molar-refractivity contribution in [3.63, 3.8) is 0 Å². The average Bonchev–Trinajstić information content (AvgIpc) is 2.32. The zero-order valence-corrected chi connectivity index (χ0v) is 9.68. The van der Waals surface area contributed by atoms with Gasteiger partial charge in [0.25, 0.3) is 0 Å². The number of esters is 1. The normalized spacial score (nSPS) is 10.4. The smallest absolute Gasteiger partial charge is 0.340 e. The Morgan fingerprint density at radius 1 is 1.47 bits per heavy atom. The summed E-state index contributed by atoms with van der Waals surface area (Å²) in [5.41, 5.74) is 7.24. The third-order valence-electron chi connectivity index (χ3n) is 2.12. The van der Waals surface area contributed by atoms with Gasteiger partial charge >= 0.3 is 5.97 Å². The maximum Gasteiger partial charge on any atom is 0.340 e. The zero-order chi connectivity index (χ0) is 12.7. The molecule has 0 spiro atoms. The van der Waals surface area contributed by atoms with Crippen LogP contribution in [-0.4, -0.2) is 18.9 Å². The number of benzene rings is 1. The molecule has 1 aromatic rings. The summed E-state index contributed by atoms with van der Waals surface area (Å²) in [6.07, 6.45) is 4.63. The van der Waals surface area contributed by atoms with Crippen LogP contribution in [0.4, 0.5) is 5.69 Å². The Kier molecular flexibility index (Phi) is 4.94. The van der Waals surface area contributed by atoms with E-state index < -0.39 is 5.97 Å². The van der Waals surface area contributed by atoms with E-state index in [1.807, 2.05) is 0 Å². The van der Waals surface area contributed by atoms with Crippen molar-refractivity contribution in [1.29, 1.82) is 0 Å². The van der Waals surface area contributed by atoms with Gasteiger partial charge in [-0.3, -0.25) is 0 Å². The molecule has 0 saturated heterocycles. The van der Waals surface area contributed by atoms with Crippen LogP contribution in [0.25, 0.3) is 6.08 Å². The second kappa shape index (κ2) is 6.48. The summed E-state index contributed by atoms with van der Waals surface area (Å²) in [6.45, 7) is 2.05. The monoisotopic (exact) mass is 233 g/mol. The SMILES string of the molecule is CCOC(=O)c1cc(C=CCC=O)ccc1N. The van der Waals surface area contributed by atoms with Gasteiger partial charge in [0.2, 0.25) is 0 Å². The van der Waals surface area contributed by atoms with Crippen LogP contribution in [0, 0.1) is 0 Å². The molecule has 0 amide bonds. The molecule has 0 bridgehead atoms. The van der Waals surface area contributed by atoms with E-state index in [0.29, 0.717) is 24.3 Å². The van der Waals surface area contributed by atoms with Crippen molar-refractivity contribution >= 4 is 24.0 Å². The van der Waals surface area contributed by atoms with Crippen molar-refractivity contribution in [2.75, 3.05) is 12.3 Å². The summed E-state index contributed by atoms with van der Waals surface area (Å²) in [5.74, 6) is -0.435. The molecule has 90 valence electrons. The molecule has 0 unspecified atom stereocenters. The van der Waals surface area contributed by atoms with Gasteiger partial charge in [-0.15, -0.1) is 0 Å². The maximum atomic E-state index is 11.6. The molecule has 2 N–H and O–H groups in total. The molecule has 0 aliphatic heterocycles. The fourth-order valence-electron chi connectivity index (χ4n) is 1.32. The van der Waals surface area contributed by atoms with Crippen LogP contribution in [0.1, 0.15) is 29.3 Å². The van der Waals surface area contributed by atoms with Crippen molar-refractivity contribution in [1.82, 2.24) is 0 Å². The third-order valence-corrected chi connectivity index (χ3v) is 2.12. The first kappa shape index (κ1) is 13.0. The lowest BCUT2D eigenvalue weighted by atomic mass is 10.1. The number of nitrogens with two attached hydrogens (primary N) is 1. The molecule has 4 nitrogen and oxygen atoms in total. The number of ether oxygens (including phenoxy) is 1. The highest BCUT2D eigenvalue weighted by molar-refractivity contribution is 5.95. The molecule has 1 aromatic carbocycles. The summed E-state index contributed by atoms with van der Waals surface area (Å²) >= 11 is 0. The molecule has 0 heterocycles. The Morgan fingerprint density at radius 3 is 2.88 bits per heavy atom. The number of anilines is 1. The first-order valence-corrected chi connectivity index (χ1v) is 5.35. The van der Waals surface area contributed by atoms with Gasteiger partial charge in [0.15, 0.2) is 0 Å². The predicted octanol–water partition coefficient (Wildman–Crippen LogP) is 2.05. The number of rotatable bonds is 5. The fourth-order valence-corrected chi connectivity index (χ4v) is 1.32. The van der Waals surface area contributed by atoms with E-state index in [1.165, 1.54) is 0 Å². The summed E-state index contributed by atoms with van der Waals surface area (Å²) in [5, 5.41) is 0. The van der Waals surface area contributed by atoms with Gasteiger partial charge in [-0.2, -0.15) is 0 Å². The van der Waals surface area contributed by atoms with Crippen LogP contribution >= 0.6 is 0 Å². The van der Waals surface area contributed by atoms with E-state index in [9.17, 15) is 9.59 Å². The molecular formula is C13H15NO3. The first-order chi connectivity index (χ1) is 8.19. The minimum atomic E-state index is -0.435. The first-order valence-electron chi connectivity index (χ1n) is 5.35. The van der Waals surface area contributed by atoms with Gasteiger partial charge in [-0.05, 0) is 24.6 Å². The van der Waals surface area contributed by atoms with Gasteiger partial charge in [0.1, 0.15) is 6.29 Å². The fraction of sp³-hybridized carbons (Fsp3) is 0.231. The lowest BCUT2D eigenvalue weighted by Crippen LogP contribution is -2.08. The third kappa shape index (κ3) is 3.75. The van der Waals surface area contributed by atoms with Crippen LogP contribution in [0.3, 0.4) is 0 Å². The number of nitrogen functional groups attached to an aromatic ring is 1. The molecule has 0 aromatic heterocycles. The van der Waals surface area contributed by atoms with Gasteiger partial charge in [0, 0.05) is 12.1 Å². The molecule has 0 fully saturated rings. The van der Waals surface area contributed by atoms with E-state index in [1.54, 1.807) is 37.3 Å². The van der Waals surface area contributed by atoms with Crippen LogP contribution < -0.4 is 5.73 Å². The second-order valence-corrected chi connectivity index (χ2v) is 3.37. The number of hydrogen-bond donors (Lipinski definition) is 1. The Bertz CT molecular complexity index is 438. The summed E-state index contributed by atoms with van der Waals surface area (Å²) in [4.78, 5) is 21.7. The minimum absolute atomic E-state index is 0.309. The molecule has 17 heavy (non-hydrogen) atoms. The Balaban J connectivity index is 2.93. The van der Waals surface area contributed by atoms with Crippen LogP contribution in [0.2, 0.25) is 0 Å². The molecule has 0 saturated carbocycles. The number of allylic oxidation sites excluding steroid dienone is 1. The average molecular weight is 233 g/mol. The highest BCUT2D eigenvalue weighted by Gasteiger charge is 2.10. The van der Waals surface area contributed by atoms with Crippen molar-refractivity contribution < 1.29 is 14.3 Å². The summed E-state index contributed by atoms with van der Waals surface area (Å²) in [6, 6.07) is 5.07. The summed E-state index contributed by atoms with van der Waals surface area (Å²) < 4.78 is 4.89. The van der Waals surface area contributed by atoms with Crippen LogP contribution in [0.15, 0.2) is 24.3 Å². The number of carbonyl (C=O) groups excluding carboxylic acids is 2.